The molecule has 4 nitrogen and oxygen atoms in total. The summed E-state index contributed by atoms with van der Waals surface area (Å²) in [5.74, 6) is 0.706. The fourth-order valence-corrected chi connectivity index (χ4v) is 2.80. The van der Waals surface area contributed by atoms with E-state index >= 15 is 0 Å². The molecule has 0 saturated heterocycles. The smallest absolute Gasteiger partial charge is 0.251 e. The third-order valence-electron chi connectivity index (χ3n) is 4.09. The van der Waals surface area contributed by atoms with Crippen LogP contribution in [0.1, 0.15) is 55.1 Å². The number of carbonyl (C=O) groups excluding carboxylic acids is 1. The number of ether oxygens (including phenoxy) is 2. The van der Waals surface area contributed by atoms with Gasteiger partial charge < -0.3 is 14.8 Å². The largest absolute Gasteiger partial charge is 0.494 e. The highest BCUT2D eigenvalue weighted by Crippen LogP contribution is 2.22. The Bertz CT molecular complexity index is 685. The molecule has 0 fully saturated rings. The van der Waals surface area contributed by atoms with Crippen molar-refractivity contribution in [2.75, 3.05) is 6.61 Å². The number of hydrogen-bond acceptors (Lipinski definition) is 3. The van der Waals surface area contributed by atoms with E-state index in [0.717, 1.165) is 29.7 Å². The lowest BCUT2D eigenvalue weighted by Crippen LogP contribution is -2.32. The Labute approximate surface area is 156 Å². The minimum atomic E-state index is -0.0571. The summed E-state index contributed by atoms with van der Waals surface area (Å²) in [6.07, 6.45) is 2.01. The minimum absolute atomic E-state index is 0.0571. The van der Waals surface area contributed by atoms with E-state index in [1.54, 1.807) is 6.07 Å². The van der Waals surface area contributed by atoms with Gasteiger partial charge in [-0.2, -0.15) is 0 Å². The molecule has 1 amide bonds. The predicted octanol–water partition coefficient (Wildman–Crippen LogP) is 4.72. The van der Waals surface area contributed by atoms with Gasteiger partial charge >= 0.3 is 0 Å². The second kappa shape index (κ2) is 10.6. The van der Waals surface area contributed by atoms with Gasteiger partial charge in [-0.25, -0.2) is 0 Å². The molecule has 0 aliphatic rings. The monoisotopic (exact) mass is 355 g/mol. The third-order valence-corrected chi connectivity index (χ3v) is 4.09. The Balaban J connectivity index is 2.05. The summed E-state index contributed by atoms with van der Waals surface area (Å²) in [4.78, 5) is 12.5. The van der Waals surface area contributed by atoms with Gasteiger partial charge in [0.2, 0.25) is 0 Å². The number of benzene rings is 2. The number of carbonyl (C=O) groups is 1. The lowest BCUT2D eigenvalue weighted by Gasteiger charge is -2.15. The molecular formula is C22H29NO3. The Hall–Kier alpha value is -2.33. The molecule has 0 bridgehead atoms. The quantitative estimate of drug-likeness (QED) is 0.671. The van der Waals surface area contributed by atoms with Crippen molar-refractivity contribution in [2.24, 2.45) is 0 Å². The Morgan fingerprint density at radius 3 is 2.54 bits per heavy atom. The first-order valence-electron chi connectivity index (χ1n) is 9.32. The van der Waals surface area contributed by atoms with E-state index in [9.17, 15) is 4.79 Å². The van der Waals surface area contributed by atoms with Crippen molar-refractivity contribution in [3.63, 3.8) is 0 Å². The van der Waals surface area contributed by atoms with E-state index in [0.29, 0.717) is 25.4 Å². The van der Waals surface area contributed by atoms with Crippen molar-refractivity contribution in [3.8, 4) is 5.75 Å². The third kappa shape index (κ3) is 6.19. The summed E-state index contributed by atoms with van der Waals surface area (Å²) in [5, 5.41) is 3.04. The summed E-state index contributed by atoms with van der Waals surface area (Å²) in [7, 11) is 0. The van der Waals surface area contributed by atoms with Gasteiger partial charge in [-0.05, 0) is 44.0 Å². The second-order valence-corrected chi connectivity index (χ2v) is 6.40. The van der Waals surface area contributed by atoms with Gasteiger partial charge in [0.1, 0.15) is 5.75 Å². The van der Waals surface area contributed by atoms with Crippen LogP contribution in [-0.2, 0) is 18.0 Å². The predicted molar refractivity (Wildman–Crippen MR) is 104 cm³/mol. The maximum Gasteiger partial charge on any atom is 0.251 e. The van der Waals surface area contributed by atoms with E-state index in [1.807, 2.05) is 56.3 Å². The Morgan fingerprint density at radius 1 is 1.08 bits per heavy atom. The van der Waals surface area contributed by atoms with E-state index in [1.165, 1.54) is 0 Å². The SMILES string of the molecule is CCC[C@H](C)NC(=O)c1ccc(OCC)c(COCc2ccccc2)c1. The van der Waals surface area contributed by atoms with Gasteiger partial charge in [0.05, 0.1) is 19.8 Å². The van der Waals surface area contributed by atoms with Crippen LogP contribution >= 0.6 is 0 Å². The maximum absolute atomic E-state index is 12.5. The summed E-state index contributed by atoms with van der Waals surface area (Å²) < 4.78 is 11.5. The summed E-state index contributed by atoms with van der Waals surface area (Å²) >= 11 is 0. The lowest BCUT2D eigenvalue weighted by atomic mass is 10.1. The fraction of sp³-hybridized carbons (Fsp3) is 0.409. The fourth-order valence-electron chi connectivity index (χ4n) is 2.80. The molecule has 0 spiro atoms. The molecule has 0 unspecified atom stereocenters. The van der Waals surface area contributed by atoms with Crippen molar-refractivity contribution in [1.82, 2.24) is 5.32 Å². The van der Waals surface area contributed by atoms with Crippen LogP contribution in [0.15, 0.2) is 48.5 Å². The number of nitrogens with one attached hydrogen (secondary N) is 1. The zero-order valence-corrected chi connectivity index (χ0v) is 16.0. The minimum Gasteiger partial charge on any atom is -0.494 e. The molecule has 140 valence electrons. The molecule has 2 rings (SSSR count). The van der Waals surface area contributed by atoms with Gasteiger partial charge in [-0.15, -0.1) is 0 Å². The molecule has 0 aliphatic heterocycles. The zero-order valence-electron chi connectivity index (χ0n) is 16.0. The van der Waals surface area contributed by atoms with Crippen LogP contribution in [0.25, 0.3) is 0 Å². The van der Waals surface area contributed by atoms with Crippen molar-refractivity contribution < 1.29 is 14.3 Å². The van der Waals surface area contributed by atoms with Gasteiger partial charge in [-0.3, -0.25) is 4.79 Å². The summed E-state index contributed by atoms with van der Waals surface area (Å²) in [6.45, 7) is 7.58. The summed E-state index contributed by atoms with van der Waals surface area (Å²) in [6, 6.07) is 15.7. The molecule has 1 N–H and O–H groups in total. The molecular weight excluding hydrogens is 326 g/mol. The molecule has 0 heterocycles. The van der Waals surface area contributed by atoms with E-state index in [-0.39, 0.29) is 11.9 Å². The molecule has 2 aromatic rings. The van der Waals surface area contributed by atoms with Crippen LogP contribution < -0.4 is 10.1 Å². The number of amides is 1. The highest BCUT2D eigenvalue weighted by molar-refractivity contribution is 5.94. The zero-order chi connectivity index (χ0) is 18.8. The van der Waals surface area contributed by atoms with Crippen molar-refractivity contribution in [1.29, 1.82) is 0 Å². The highest BCUT2D eigenvalue weighted by atomic mass is 16.5. The van der Waals surface area contributed by atoms with E-state index in [2.05, 4.69) is 12.2 Å². The molecule has 0 radical (unpaired) electrons. The van der Waals surface area contributed by atoms with Crippen LogP contribution in [0.3, 0.4) is 0 Å². The van der Waals surface area contributed by atoms with Gasteiger partial charge in [0.25, 0.3) is 5.91 Å². The molecule has 0 aliphatic carbocycles. The Kier molecular flexibility index (Phi) is 8.16. The maximum atomic E-state index is 12.5. The molecule has 2 aromatic carbocycles. The van der Waals surface area contributed by atoms with Crippen LogP contribution in [0.2, 0.25) is 0 Å². The van der Waals surface area contributed by atoms with Crippen LogP contribution in [-0.4, -0.2) is 18.6 Å². The number of hydrogen-bond donors (Lipinski definition) is 1. The normalized spacial score (nSPS) is 11.8. The van der Waals surface area contributed by atoms with Crippen molar-refractivity contribution in [2.45, 2.75) is 52.9 Å². The lowest BCUT2D eigenvalue weighted by molar-refractivity contribution is 0.0936. The average molecular weight is 355 g/mol. The molecule has 0 saturated carbocycles. The molecule has 0 aromatic heterocycles. The first kappa shape index (κ1) is 20.0. The topological polar surface area (TPSA) is 47.6 Å². The van der Waals surface area contributed by atoms with Crippen LogP contribution in [0.5, 0.6) is 5.75 Å². The Morgan fingerprint density at radius 2 is 1.85 bits per heavy atom. The van der Waals surface area contributed by atoms with Gasteiger partial charge in [0, 0.05) is 17.2 Å². The van der Waals surface area contributed by atoms with Gasteiger partial charge in [0.15, 0.2) is 0 Å². The molecule has 26 heavy (non-hydrogen) atoms. The average Bonchev–Trinajstić information content (AvgIpc) is 2.64. The van der Waals surface area contributed by atoms with Crippen LogP contribution in [0, 0.1) is 0 Å². The first-order valence-corrected chi connectivity index (χ1v) is 9.32. The van der Waals surface area contributed by atoms with E-state index < -0.39 is 0 Å². The van der Waals surface area contributed by atoms with E-state index in [4.69, 9.17) is 9.47 Å². The van der Waals surface area contributed by atoms with Gasteiger partial charge in [-0.1, -0.05) is 43.7 Å². The highest BCUT2D eigenvalue weighted by Gasteiger charge is 2.13. The van der Waals surface area contributed by atoms with Crippen molar-refractivity contribution >= 4 is 5.91 Å². The molecule has 4 heteroatoms. The molecule has 1 atom stereocenters. The first-order chi connectivity index (χ1) is 12.6. The van der Waals surface area contributed by atoms with Crippen LogP contribution in [0.4, 0.5) is 0 Å². The summed E-state index contributed by atoms with van der Waals surface area (Å²) in [5.41, 5.74) is 2.64. The second-order valence-electron chi connectivity index (χ2n) is 6.40. The number of rotatable bonds is 10. The van der Waals surface area contributed by atoms with Crippen molar-refractivity contribution in [3.05, 3.63) is 65.2 Å². The standard InChI is InChI=1S/C22H29NO3/c1-4-9-17(3)23-22(24)19-12-13-21(26-5-2)20(14-19)16-25-15-18-10-7-6-8-11-18/h6-8,10-14,17H,4-5,9,15-16H2,1-3H3,(H,23,24)/t17-/m0/s1.